The van der Waals surface area contributed by atoms with Gasteiger partial charge >= 0.3 is 5.97 Å². The van der Waals surface area contributed by atoms with E-state index in [1.807, 2.05) is 13.8 Å². The molecular weight excluding hydrogens is 406 g/mol. The molecule has 134 valence electrons. The number of esters is 1. The van der Waals surface area contributed by atoms with Crippen LogP contribution in [0.15, 0.2) is 57.9 Å². The zero-order valence-electron chi connectivity index (χ0n) is 14.3. The van der Waals surface area contributed by atoms with Gasteiger partial charge in [0.05, 0.1) is 23.3 Å². The Balaban J connectivity index is 2.66. The molecule has 7 heteroatoms. The fraction of sp³-hybridized carbons (Fsp3) is 0.278. The van der Waals surface area contributed by atoms with Gasteiger partial charge in [-0.05, 0) is 36.2 Å². The molecule has 2 aromatic rings. The molecule has 25 heavy (non-hydrogen) atoms. The fourth-order valence-electron chi connectivity index (χ4n) is 2.38. The number of hydrogen-bond acceptors (Lipinski definition) is 4. The molecule has 0 saturated carbocycles. The number of benzene rings is 2. The van der Waals surface area contributed by atoms with E-state index < -0.39 is 16.0 Å². The number of methoxy groups -OCH3 is 1. The van der Waals surface area contributed by atoms with Crippen LogP contribution in [0.1, 0.15) is 24.2 Å². The number of carbonyl (C=O) groups is 1. The smallest absolute Gasteiger partial charge is 0.340 e. The summed E-state index contributed by atoms with van der Waals surface area (Å²) < 4.78 is 33.1. The molecule has 0 radical (unpaired) electrons. The Morgan fingerprint density at radius 1 is 1.16 bits per heavy atom. The molecular formula is C18H20BrNO4S. The molecule has 0 fully saturated rings. The lowest BCUT2D eigenvalue weighted by atomic mass is 10.1. The van der Waals surface area contributed by atoms with Crippen LogP contribution in [0.2, 0.25) is 0 Å². The highest BCUT2D eigenvalue weighted by molar-refractivity contribution is 9.10. The topological polar surface area (TPSA) is 63.7 Å². The fourth-order valence-corrected chi connectivity index (χ4v) is 4.41. The Kier molecular flexibility index (Phi) is 6.24. The molecule has 0 bridgehead atoms. The van der Waals surface area contributed by atoms with E-state index in [0.717, 1.165) is 0 Å². The van der Waals surface area contributed by atoms with E-state index in [4.69, 9.17) is 4.74 Å². The third-order valence-corrected chi connectivity index (χ3v) is 5.78. The van der Waals surface area contributed by atoms with Gasteiger partial charge in [0.25, 0.3) is 10.0 Å². The maximum Gasteiger partial charge on any atom is 0.340 e. The highest BCUT2D eigenvalue weighted by atomic mass is 79.9. The van der Waals surface area contributed by atoms with Crippen LogP contribution in [0.5, 0.6) is 0 Å². The van der Waals surface area contributed by atoms with E-state index in [1.54, 1.807) is 48.5 Å². The van der Waals surface area contributed by atoms with Crippen molar-refractivity contribution >= 4 is 37.6 Å². The van der Waals surface area contributed by atoms with Crippen LogP contribution in [0, 0.1) is 5.92 Å². The molecule has 0 N–H and O–H groups in total. The summed E-state index contributed by atoms with van der Waals surface area (Å²) in [6, 6.07) is 13.1. The van der Waals surface area contributed by atoms with Crippen molar-refractivity contribution in [1.82, 2.24) is 0 Å². The van der Waals surface area contributed by atoms with Gasteiger partial charge in [0.1, 0.15) is 0 Å². The van der Waals surface area contributed by atoms with E-state index in [1.165, 1.54) is 11.4 Å². The predicted octanol–water partition coefficient (Wildman–Crippen LogP) is 4.09. The zero-order valence-corrected chi connectivity index (χ0v) is 16.7. The van der Waals surface area contributed by atoms with Gasteiger partial charge in [0.2, 0.25) is 0 Å². The third-order valence-electron chi connectivity index (χ3n) is 3.49. The van der Waals surface area contributed by atoms with Crippen molar-refractivity contribution in [2.45, 2.75) is 18.7 Å². The number of anilines is 1. The second kappa shape index (κ2) is 8.01. The molecule has 0 aliphatic heterocycles. The minimum Gasteiger partial charge on any atom is -0.465 e. The van der Waals surface area contributed by atoms with E-state index in [2.05, 4.69) is 15.9 Å². The highest BCUT2D eigenvalue weighted by Gasteiger charge is 2.29. The first-order chi connectivity index (χ1) is 11.8. The number of carbonyl (C=O) groups excluding carboxylic acids is 1. The van der Waals surface area contributed by atoms with Crippen molar-refractivity contribution < 1.29 is 17.9 Å². The molecule has 0 aromatic heterocycles. The largest absolute Gasteiger partial charge is 0.465 e. The van der Waals surface area contributed by atoms with Crippen LogP contribution in [-0.4, -0.2) is 28.0 Å². The molecule has 2 aromatic carbocycles. The number of halogens is 1. The predicted molar refractivity (Wildman–Crippen MR) is 101 cm³/mol. The quantitative estimate of drug-likeness (QED) is 0.653. The first kappa shape index (κ1) is 19.5. The van der Waals surface area contributed by atoms with E-state index in [0.29, 0.717) is 10.2 Å². The Hall–Kier alpha value is -1.86. The van der Waals surface area contributed by atoms with Gasteiger partial charge < -0.3 is 4.74 Å². The first-order valence-electron chi connectivity index (χ1n) is 7.73. The van der Waals surface area contributed by atoms with Crippen LogP contribution < -0.4 is 4.31 Å². The Morgan fingerprint density at radius 2 is 1.80 bits per heavy atom. The van der Waals surface area contributed by atoms with Crippen molar-refractivity contribution in [3.05, 3.63) is 58.6 Å². The van der Waals surface area contributed by atoms with E-state index >= 15 is 0 Å². The minimum absolute atomic E-state index is 0.0626. The van der Waals surface area contributed by atoms with Crippen molar-refractivity contribution in [2.24, 2.45) is 5.92 Å². The molecule has 0 saturated heterocycles. The van der Waals surface area contributed by atoms with Crippen LogP contribution in [0.4, 0.5) is 5.69 Å². The Morgan fingerprint density at radius 3 is 2.36 bits per heavy atom. The summed E-state index contributed by atoms with van der Waals surface area (Å²) in [7, 11) is -2.55. The summed E-state index contributed by atoms with van der Waals surface area (Å²) in [5.41, 5.74) is 0.490. The second-order valence-corrected chi connectivity index (χ2v) is 8.67. The Labute approximate surface area is 156 Å². The van der Waals surface area contributed by atoms with Crippen LogP contribution in [0.3, 0.4) is 0 Å². The summed E-state index contributed by atoms with van der Waals surface area (Å²) in [6.07, 6.45) is 0. The minimum atomic E-state index is -3.82. The molecule has 0 aliphatic rings. The highest BCUT2D eigenvalue weighted by Crippen LogP contribution is 2.30. The van der Waals surface area contributed by atoms with Crippen LogP contribution >= 0.6 is 15.9 Å². The van der Waals surface area contributed by atoms with Crippen LogP contribution in [0.25, 0.3) is 0 Å². The third kappa shape index (κ3) is 4.41. The number of hydrogen-bond donors (Lipinski definition) is 0. The van der Waals surface area contributed by atoms with Crippen molar-refractivity contribution in [1.29, 1.82) is 0 Å². The van der Waals surface area contributed by atoms with Crippen LogP contribution in [-0.2, 0) is 14.8 Å². The summed E-state index contributed by atoms with van der Waals surface area (Å²) in [6.45, 7) is 4.08. The maximum atomic E-state index is 13.2. The van der Waals surface area contributed by atoms with E-state index in [9.17, 15) is 13.2 Å². The standard InChI is InChI=1S/C18H20BrNO4S/c1-13(2)12-20(25(22,23)15-7-5-4-6-8-15)17-10-9-14(19)11-16(17)18(21)24-3/h4-11,13H,12H2,1-3H3. The normalized spacial score (nSPS) is 11.4. The maximum absolute atomic E-state index is 13.2. The average Bonchev–Trinajstić information content (AvgIpc) is 2.59. The summed E-state index contributed by atoms with van der Waals surface area (Å²) in [5, 5.41) is 0. The van der Waals surface area contributed by atoms with Crippen molar-refractivity contribution in [2.75, 3.05) is 18.0 Å². The average molecular weight is 426 g/mol. The lowest BCUT2D eigenvalue weighted by molar-refractivity contribution is 0.0601. The second-order valence-electron chi connectivity index (χ2n) is 5.90. The monoisotopic (exact) mass is 425 g/mol. The van der Waals surface area contributed by atoms with Gasteiger partial charge in [0.15, 0.2) is 0 Å². The molecule has 5 nitrogen and oxygen atoms in total. The molecule has 0 atom stereocenters. The lowest BCUT2D eigenvalue weighted by Crippen LogP contribution is -2.35. The SMILES string of the molecule is COC(=O)c1cc(Br)ccc1N(CC(C)C)S(=O)(=O)c1ccccc1. The van der Waals surface area contributed by atoms with E-state index in [-0.39, 0.29) is 22.9 Å². The Bertz CT molecular complexity index is 851. The van der Waals surface area contributed by atoms with Gasteiger partial charge in [-0.15, -0.1) is 0 Å². The molecule has 0 amide bonds. The van der Waals surface area contributed by atoms with Gasteiger partial charge in [-0.25, -0.2) is 13.2 Å². The zero-order chi connectivity index (χ0) is 18.6. The van der Waals surface area contributed by atoms with Gasteiger partial charge in [0, 0.05) is 11.0 Å². The molecule has 2 rings (SSSR count). The number of nitrogens with zero attached hydrogens (tertiary/aromatic N) is 1. The van der Waals surface area contributed by atoms with Gasteiger partial charge in [-0.3, -0.25) is 4.31 Å². The summed E-state index contributed by atoms with van der Waals surface area (Å²) >= 11 is 3.31. The number of rotatable bonds is 6. The molecule has 0 aliphatic carbocycles. The molecule has 0 unspecified atom stereocenters. The van der Waals surface area contributed by atoms with Gasteiger partial charge in [-0.1, -0.05) is 48.0 Å². The van der Waals surface area contributed by atoms with Crippen molar-refractivity contribution in [3.63, 3.8) is 0 Å². The molecule has 0 heterocycles. The summed E-state index contributed by atoms with van der Waals surface area (Å²) in [5.74, 6) is -0.527. The van der Waals surface area contributed by atoms with Gasteiger partial charge in [-0.2, -0.15) is 0 Å². The first-order valence-corrected chi connectivity index (χ1v) is 9.96. The number of sulfonamides is 1. The van der Waals surface area contributed by atoms with Crippen molar-refractivity contribution in [3.8, 4) is 0 Å². The molecule has 0 spiro atoms. The number of ether oxygens (including phenoxy) is 1. The summed E-state index contributed by atoms with van der Waals surface area (Å²) in [4.78, 5) is 12.4. The lowest BCUT2D eigenvalue weighted by Gasteiger charge is -2.27.